The Hall–Kier alpha value is -3.38. The molecule has 29 heavy (non-hydrogen) atoms. The molecule has 2 aromatic carbocycles. The van der Waals surface area contributed by atoms with Crippen molar-refractivity contribution in [2.75, 3.05) is 24.2 Å². The van der Waals surface area contributed by atoms with E-state index in [2.05, 4.69) is 20.9 Å². The Kier molecular flexibility index (Phi) is 6.81. The topological polar surface area (TPSA) is 83.1 Å². The van der Waals surface area contributed by atoms with Crippen molar-refractivity contribution in [2.45, 2.75) is 6.42 Å². The predicted molar refractivity (Wildman–Crippen MR) is 116 cm³/mol. The summed E-state index contributed by atoms with van der Waals surface area (Å²) in [4.78, 5) is 28.3. The average Bonchev–Trinajstić information content (AvgIpc) is 2.74. The Morgan fingerprint density at radius 1 is 0.966 bits per heavy atom. The van der Waals surface area contributed by atoms with Gasteiger partial charge in [0.2, 0.25) is 0 Å². The molecule has 0 radical (unpaired) electrons. The first-order valence-corrected chi connectivity index (χ1v) is 9.51. The molecule has 3 aromatic rings. The third kappa shape index (κ3) is 5.80. The monoisotopic (exact) mass is 408 g/mol. The van der Waals surface area contributed by atoms with Gasteiger partial charge < -0.3 is 16.0 Å². The van der Waals surface area contributed by atoms with Crippen LogP contribution in [-0.2, 0) is 6.42 Å². The molecule has 0 bridgehead atoms. The van der Waals surface area contributed by atoms with E-state index in [1.165, 1.54) is 6.20 Å². The second-order valence-corrected chi connectivity index (χ2v) is 6.79. The Morgan fingerprint density at radius 3 is 2.52 bits per heavy atom. The number of halogens is 1. The smallest absolute Gasteiger partial charge is 0.257 e. The lowest BCUT2D eigenvalue weighted by atomic mass is 10.1. The lowest BCUT2D eigenvalue weighted by Gasteiger charge is -2.08. The summed E-state index contributed by atoms with van der Waals surface area (Å²) in [5, 5.41) is 9.18. The first-order valence-electron chi connectivity index (χ1n) is 9.13. The van der Waals surface area contributed by atoms with E-state index in [-0.39, 0.29) is 11.8 Å². The lowest BCUT2D eigenvalue weighted by molar-refractivity contribution is 0.0962. The van der Waals surface area contributed by atoms with Crippen LogP contribution in [0, 0.1) is 0 Å². The molecule has 0 aliphatic heterocycles. The van der Waals surface area contributed by atoms with Gasteiger partial charge >= 0.3 is 0 Å². The molecule has 0 atom stereocenters. The fourth-order valence-corrected chi connectivity index (χ4v) is 2.94. The van der Waals surface area contributed by atoms with Gasteiger partial charge in [-0.3, -0.25) is 9.59 Å². The number of carbonyl (C=O) groups is 2. The van der Waals surface area contributed by atoms with Crippen LogP contribution >= 0.6 is 11.6 Å². The van der Waals surface area contributed by atoms with Crippen molar-refractivity contribution >= 4 is 34.9 Å². The van der Waals surface area contributed by atoms with E-state index in [0.717, 1.165) is 12.0 Å². The van der Waals surface area contributed by atoms with E-state index < -0.39 is 0 Å². The minimum atomic E-state index is -0.252. The summed E-state index contributed by atoms with van der Waals surface area (Å²) in [5.74, 6) is 0.317. The number of amides is 2. The van der Waals surface area contributed by atoms with Gasteiger partial charge in [0, 0.05) is 36.1 Å². The highest BCUT2D eigenvalue weighted by molar-refractivity contribution is 6.31. The van der Waals surface area contributed by atoms with E-state index in [0.29, 0.717) is 34.2 Å². The molecular weight excluding hydrogens is 388 g/mol. The fourth-order valence-electron chi connectivity index (χ4n) is 2.75. The molecule has 0 unspecified atom stereocenters. The molecule has 1 aromatic heterocycles. The molecule has 0 spiro atoms. The summed E-state index contributed by atoms with van der Waals surface area (Å²) in [5.41, 5.74) is 2.77. The number of nitrogens with one attached hydrogen (secondary N) is 3. The van der Waals surface area contributed by atoms with E-state index in [4.69, 9.17) is 11.6 Å². The number of pyridine rings is 1. The molecule has 0 fully saturated rings. The zero-order valence-electron chi connectivity index (χ0n) is 15.9. The maximum absolute atomic E-state index is 12.3. The van der Waals surface area contributed by atoms with Gasteiger partial charge in [0.15, 0.2) is 0 Å². The van der Waals surface area contributed by atoms with Crippen molar-refractivity contribution in [3.63, 3.8) is 0 Å². The number of benzene rings is 2. The van der Waals surface area contributed by atoms with Crippen LogP contribution in [0.3, 0.4) is 0 Å². The molecule has 2 amide bonds. The Balaban J connectivity index is 1.53. The number of aromatic nitrogens is 1. The predicted octanol–water partition coefficient (Wildman–Crippen LogP) is 4.00. The standard InChI is InChI=1S/C22H21ClN4O2/c1-24-21(28)16-5-2-4-15(12-16)10-11-25-20-9-8-17(14-26-20)22(29)27-19-7-3-6-18(23)13-19/h2-9,12-14H,10-11H2,1H3,(H,24,28)(H,25,26)(H,27,29). The number of carbonyl (C=O) groups excluding carboxylic acids is 2. The highest BCUT2D eigenvalue weighted by Gasteiger charge is 2.07. The van der Waals surface area contributed by atoms with Crippen LogP contribution in [0.1, 0.15) is 26.3 Å². The minimum Gasteiger partial charge on any atom is -0.370 e. The zero-order valence-corrected chi connectivity index (χ0v) is 16.7. The maximum Gasteiger partial charge on any atom is 0.257 e. The first-order chi connectivity index (χ1) is 14.0. The van der Waals surface area contributed by atoms with Crippen LogP contribution in [0.5, 0.6) is 0 Å². The van der Waals surface area contributed by atoms with Crippen LogP contribution in [0.25, 0.3) is 0 Å². The highest BCUT2D eigenvalue weighted by atomic mass is 35.5. The van der Waals surface area contributed by atoms with Crippen molar-refractivity contribution in [1.82, 2.24) is 10.3 Å². The van der Waals surface area contributed by atoms with Gasteiger partial charge in [-0.15, -0.1) is 0 Å². The molecule has 148 valence electrons. The van der Waals surface area contributed by atoms with Crippen molar-refractivity contribution < 1.29 is 9.59 Å². The largest absolute Gasteiger partial charge is 0.370 e. The van der Waals surface area contributed by atoms with Crippen molar-refractivity contribution in [2.24, 2.45) is 0 Å². The highest BCUT2D eigenvalue weighted by Crippen LogP contribution is 2.16. The molecule has 3 N–H and O–H groups in total. The van der Waals surface area contributed by atoms with Gasteiger partial charge in [0.1, 0.15) is 5.82 Å². The van der Waals surface area contributed by atoms with Crippen molar-refractivity contribution in [1.29, 1.82) is 0 Å². The van der Waals surface area contributed by atoms with Gasteiger partial charge in [0.05, 0.1) is 5.56 Å². The minimum absolute atomic E-state index is 0.104. The van der Waals surface area contributed by atoms with Crippen molar-refractivity contribution in [3.8, 4) is 0 Å². The number of nitrogens with zero attached hydrogens (tertiary/aromatic N) is 1. The molecule has 6 nitrogen and oxygen atoms in total. The Morgan fingerprint density at radius 2 is 1.79 bits per heavy atom. The molecule has 0 aliphatic rings. The second-order valence-electron chi connectivity index (χ2n) is 6.35. The van der Waals surface area contributed by atoms with Crippen LogP contribution in [0.15, 0.2) is 66.9 Å². The Bertz CT molecular complexity index is 1010. The lowest BCUT2D eigenvalue weighted by Crippen LogP contribution is -2.18. The fraction of sp³-hybridized carbons (Fsp3) is 0.136. The van der Waals surface area contributed by atoms with Crippen LogP contribution in [0.4, 0.5) is 11.5 Å². The maximum atomic E-state index is 12.3. The van der Waals surface area contributed by atoms with Gasteiger partial charge in [-0.05, 0) is 54.4 Å². The molecule has 0 saturated carbocycles. The third-order valence-electron chi connectivity index (χ3n) is 4.24. The SMILES string of the molecule is CNC(=O)c1cccc(CCNc2ccc(C(=O)Nc3cccc(Cl)c3)cn2)c1. The summed E-state index contributed by atoms with van der Waals surface area (Å²) in [6.07, 6.45) is 2.26. The normalized spacial score (nSPS) is 10.3. The van der Waals surface area contributed by atoms with Crippen LogP contribution < -0.4 is 16.0 Å². The second kappa shape index (κ2) is 9.71. The summed E-state index contributed by atoms with van der Waals surface area (Å²) in [6.45, 7) is 0.651. The van der Waals surface area contributed by atoms with Gasteiger partial charge in [0.25, 0.3) is 11.8 Å². The summed E-state index contributed by atoms with van der Waals surface area (Å²) in [6, 6.07) is 17.9. The first kappa shape index (κ1) is 20.4. The molecule has 0 saturated heterocycles. The van der Waals surface area contributed by atoms with E-state index in [9.17, 15) is 9.59 Å². The summed E-state index contributed by atoms with van der Waals surface area (Å²) < 4.78 is 0. The average molecular weight is 409 g/mol. The molecule has 0 aliphatic carbocycles. The number of hydrogen-bond acceptors (Lipinski definition) is 4. The number of hydrogen-bond donors (Lipinski definition) is 3. The van der Waals surface area contributed by atoms with Crippen LogP contribution in [-0.4, -0.2) is 30.4 Å². The molecule has 7 heteroatoms. The number of rotatable bonds is 7. The third-order valence-corrected chi connectivity index (χ3v) is 4.48. The molecule has 1 heterocycles. The van der Waals surface area contributed by atoms with Crippen LogP contribution in [0.2, 0.25) is 5.02 Å². The van der Waals surface area contributed by atoms with E-state index in [1.54, 1.807) is 49.5 Å². The number of anilines is 2. The van der Waals surface area contributed by atoms with E-state index in [1.807, 2.05) is 18.2 Å². The van der Waals surface area contributed by atoms with Gasteiger partial charge in [-0.25, -0.2) is 4.98 Å². The molecular formula is C22H21ClN4O2. The molecule has 3 rings (SSSR count). The quantitative estimate of drug-likeness (QED) is 0.551. The summed E-state index contributed by atoms with van der Waals surface area (Å²) >= 11 is 5.93. The zero-order chi connectivity index (χ0) is 20.6. The Labute approximate surface area is 174 Å². The van der Waals surface area contributed by atoms with Gasteiger partial charge in [-0.2, -0.15) is 0 Å². The van der Waals surface area contributed by atoms with E-state index >= 15 is 0 Å². The van der Waals surface area contributed by atoms with Gasteiger partial charge in [-0.1, -0.05) is 29.8 Å². The van der Waals surface area contributed by atoms with Crippen molar-refractivity contribution in [3.05, 3.63) is 88.6 Å². The summed E-state index contributed by atoms with van der Waals surface area (Å²) in [7, 11) is 1.61.